The molecule has 16 heavy (non-hydrogen) atoms. The molecule has 0 aromatic heterocycles. The average molecular weight is 216 g/mol. The van der Waals surface area contributed by atoms with Crippen LogP contribution >= 0.6 is 0 Å². The van der Waals surface area contributed by atoms with E-state index in [0.717, 1.165) is 12.8 Å². The van der Waals surface area contributed by atoms with Gasteiger partial charge in [-0.25, -0.2) is 0 Å². The maximum Gasteiger partial charge on any atom is 0.146 e. The van der Waals surface area contributed by atoms with Crippen molar-refractivity contribution in [3.8, 4) is 0 Å². The molecular formula is C15H20O. The van der Waals surface area contributed by atoms with E-state index in [-0.39, 0.29) is 5.41 Å². The van der Waals surface area contributed by atoms with Gasteiger partial charge < -0.3 is 0 Å². The second-order valence-electron chi connectivity index (χ2n) is 6.36. The zero-order valence-corrected chi connectivity index (χ0v) is 10.4. The third-order valence-corrected chi connectivity index (χ3v) is 4.51. The van der Waals surface area contributed by atoms with Crippen LogP contribution in [0.2, 0.25) is 0 Å². The molecule has 1 nitrogen and oxygen atoms in total. The highest BCUT2D eigenvalue weighted by Gasteiger charge is 2.64. The van der Waals surface area contributed by atoms with E-state index in [9.17, 15) is 4.79 Å². The van der Waals surface area contributed by atoms with Gasteiger partial charge in [0.05, 0.1) is 5.41 Å². The van der Waals surface area contributed by atoms with Gasteiger partial charge in [0, 0.05) is 5.92 Å². The molecule has 4 atom stereocenters. The van der Waals surface area contributed by atoms with Gasteiger partial charge in [0.2, 0.25) is 0 Å². The molecule has 0 aliphatic heterocycles. The lowest BCUT2D eigenvalue weighted by Gasteiger charge is -2.31. The summed E-state index contributed by atoms with van der Waals surface area (Å²) in [4.78, 5) is 12.3. The fraction of sp³-hybridized carbons (Fsp3) is 0.667. The van der Waals surface area contributed by atoms with Crippen molar-refractivity contribution < 1.29 is 4.79 Å². The van der Waals surface area contributed by atoms with Crippen LogP contribution in [0.4, 0.5) is 0 Å². The van der Waals surface area contributed by atoms with Crippen molar-refractivity contribution >= 4 is 5.78 Å². The van der Waals surface area contributed by atoms with Gasteiger partial charge in [-0.1, -0.05) is 37.6 Å². The van der Waals surface area contributed by atoms with E-state index in [1.807, 2.05) is 0 Å². The molecule has 0 aromatic rings. The van der Waals surface area contributed by atoms with Gasteiger partial charge in [-0.15, -0.1) is 0 Å². The second kappa shape index (κ2) is 3.09. The Morgan fingerprint density at radius 2 is 2.25 bits per heavy atom. The SMILES string of the molecule is CC(C)CC1=CC2(C)C(=O)C3CC3C2C=C1. The fourth-order valence-corrected chi connectivity index (χ4v) is 3.69. The normalized spacial score (nSPS) is 44.4. The molecule has 0 amide bonds. The molecular weight excluding hydrogens is 196 g/mol. The molecule has 3 aliphatic carbocycles. The Hall–Kier alpha value is -0.850. The predicted octanol–water partition coefficient (Wildman–Crippen LogP) is 3.37. The third-order valence-electron chi connectivity index (χ3n) is 4.51. The first-order chi connectivity index (χ1) is 7.52. The molecule has 3 aliphatic rings. The van der Waals surface area contributed by atoms with Crippen LogP contribution in [0.25, 0.3) is 0 Å². The maximum atomic E-state index is 12.3. The summed E-state index contributed by atoms with van der Waals surface area (Å²) in [6, 6.07) is 0. The zero-order valence-electron chi connectivity index (χ0n) is 10.4. The van der Waals surface area contributed by atoms with Crippen molar-refractivity contribution in [1.29, 1.82) is 0 Å². The van der Waals surface area contributed by atoms with Gasteiger partial charge in [-0.05, 0) is 37.5 Å². The van der Waals surface area contributed by atoms with Gasteiger partial charge in [0.15, 0.2) is 0 Å². The van der Waals surface area contributed by atoms with Crippen LogP contribution < -0.4 is 0 Å². The average Bonchev–Trinajstić information content (AvgIpc) is 2.91. The van der Waals surface area contributed by atoms with Crippen LogP contribution in [0.15, 0.2) is 23.8 Å². The minimum atomic E-state index is -0.160. The summed E-state index contributed by atoms with van der Waals surface area (Å²) >= 11 is 0. The summed E-state index contributed by atoms with van der Waals surface area (Å²) in [5.41, 5.74) is 1.20. The number of carbonyl (C=O) groups is 1. The lowest BCUT2D eigenvalue weighted by molar-refractivity contribution is -0.125. The van der Waals surface area contributed by atoms with Gasteiger partial charge in [0.1, 0.15) is 5.78 Å². The van der Waals surface area contributed by atoms with E-state index < -0.39 is 0 Å². The third kappa shape index (κ3) is 1.27. The fourth-order valence-electron chi connectivity index (χ4n) is 3.69. The van der Waals surface area contributed by atoms with E-state index in [2.05, 4.69) is 39.0 Å². The summed E-state index contributed by atoms with van der Waals surface area (Å²) < 4.78 is 0. The first-order valence-electron chi connectivity index (χ1n) is 6.46. The molecule has 0 N–H and O–H groups in total. The number of ketones is 1. The zero-order chi connectivity index (χ0) is 11.5. The Balaban J connectivity index is 1.91. The Morgan fingerprint density at radius 1 is 1.50 bits per heavy atom. The number of Topliss-reactive ketones (excluding diaryl/α,β-unsaturated/α-hetero) is 1. The smallest absolute Gasteiger partial charge is 0.146 e. The largest absolute Gasteiger partial charge is 0.298 e. The molecule has 0 spiro atoms. The molecule has 0 bridgehead atoms. The summed E-state index contributed by atoms with van der Waals surface area (Å²) in [5, 5.41) is 0. The molecule has 2 saturated carbocycles. The number of fused-ring (bicyclic) bond motifs is 3. The van der Waals surface area contributed by atoms with Gasteiger partial charge in [0.25, 0.3) is 0 Å². The summed E-state index contributed by atoms with van der Waals surface area (Å²) in [7, 11) is 0. The quantitative estimate of drug-likeness (QED) is 0.691. The first-order valence-corrected chi connectivity index (χ1v) is 6.46. The minimum absolute atomic E-state index is 0.160. The lowest BCUT2D eigenvalue weighted by Crippen LogP contribution is -2.31. The molecule has 2 fully saturated rings. The minimum Gasteiger partial charge on any atom is -0.298 e. The van der Waals surface area contributed by atoms with Crippen LogP contribution in [-0.4, -0.2) is 5.78 Å². The monoisotopic (exact) mass is 216 g/mol. The molecule has 86 valence electrons. The van der Waals surface area contributed by atoms with E-state index >= 15 is 0 Å². The molecule has 0 saturated heterocycles. The maximum absolute atomic E-state index is 12.3. The van der Waals surface area contributed by atoms with Crippen LogP contribution in [0.5, 0.6) is 0 Å². The van der Waals surface area contributed by atoms with Gasteiger partial charge in [-0.2, -0.15) is 0 Å². The number of allylic oxidation sites excluding steroid dienone is 4. The van der Waals surface area contributed by atoms with Crippen LogP contribution in [0, 0.1) is 29.1 Å². The molecule has 0 heterocycles. The van der Waals surface area contributed by atoms with E-state index in [1.54, 1.807) is 0 Å². The topological polar surface area (TPSA) is 17.1 Å². The van der Waals surface area contributed by atoms with E-state index in [1.165, 1.54) is 5.57 Å². The highest BCUT2D eigenvalue weighted by atomic mass is 16.1. The van der Waals surface area contributed by atoms with Crippen LogP contribution in [0.3, 0.4) is 0 Å². The first kappa shape index (κ1) is 10.3. The Bertz CT molecular complexity index is 402. The van der Waals surface area contributed by atoms with Crippen molar-refractivity contribution in [1.82, 2.24) is 0 Å². The molecule has 3 rings (SSSR count). The Labute approximate surface area is 97.6 Å². The van der Waals surface area contributed by atoms with Crippen molar-refractivity contribution in [2.75, 3.05) is 0 Å². The lowest BCUT2D eigenvalue weighted by atomic mass is 9.71. The molecule has 4 unspecified atom stereocenters. The Morgan fingerprint density at radius 3 is 2.94 bits per heavy atom. The van der Waals surface area contributed by atoms with Crippen molar-refractivity contribution in [3.05, 3.63) is 23.8 Å². The summed E-state index contributed by atoms with van der Waals surface area (Å²) in [5.74, 6) is 2.75. The van der Waals surface area contributed by atoms with Crippen LogP contribution in [-0.2, 0) is 4.79 Å². The highest BCUT2D eigenvalue weighted by molar-refractivity contribution is 5.95. The molecule has 1 heteroatoms. The predicted molar refractivity (Wildman–Crippen MR) is 64.9 cm³/mol. The van der Waals surface area contributed by atoms with Crippen LogP contribution in [0.1, 0.15) is 33.6 Å². The molecule has 0 radical (unpaired) electrons. The number of hydrogen-bond donors (Lipinski definition) is 0. The second-order valence-corrected chi connectivity index (χ2v) is 6.36. The highest BCUT2D eigenvalue weighted by Crippen LogP contribution is 2.63. The van der Waals surface area contributed by atoms with E-state index in [0.29, 0.717) is 29.5 Å². The Kier molecular flexibility index (Phi) is 1.99. The van der Waals surface area contributed by atoms with Crippen molar-refractivity contribution in [2.24, 2.45) is 29.1 Å². The van der Waals surface area contributed by atoms with E-state index in [4.69, 9.17) is 0 Å². The summed E-state index contributed by atoms with van der Waals surface area (Å²) in [6.45, 7) is 6.62. The van der Waals surface area contributed by atoms with Gasteiger partial charge >= 0.3 is 0 Å². The molecule has 0 aromatic carbocycles. The van der Waals surface area contributed by atoms with Crippen molar-refractivity contribution in [2.45, 2.75) is 33.6 Å². The summed E-state index contributed by atoms with van der Waals surface area (Å²) in [6.07, 6.45) is 9.10. The van der Waals surface area contributed by atoms with Gasteiger partial charge in [-0.3, -0.25) is 4.79 Å². The van der Waals surface area contributed by atoms with Crippen molar-refractivity contribution in [3.63, 3.8) is 0 Å². The number of rotatable bonds is 2. The standard InChI is InChI=1S/C15H20O/c1-9(2)6-10-4-5-13-11-7-12(11)14(16)15(13,3)8-10/h4-5,8-9,11-13H,6-7H2,1-3H3. The number of hydrogen-bond acceptors (Lipinski definition) is 1. The number of carbonyl (C=O) groups excluding carboxylic acids is 1.